The maximum absolute atomic E-state index is 10.7. The van der Waals surface area contributed by atoms with Crippen molar-refractivity contribution in [3.8, 4) is 0 Å². The second-order valence-corrected chi connectivity index (χ2v) is 2.94. The molecule has 64 valence electrons. The molecule has 0 fully saturated rings. The summed E-state index contributed by atoms with van der Waals surface area (Å²) < 4.78 is 0. The Morgan fingerprint density at radius 2 is 2.42 bits per heavy atom. The number of rotatable bonds is 1. The first-order chi connectivity index (χ1) is 5.79. The summed E-state index contributed by atoms with van der Waals surface area (Å²) in [6, 6.07) is 0. The highest BCUT2D eigenvalue weighted by Gasteiger charge is 2.29. The van der Waals surface area contributed by atoms with Crippen LogP contribution in [0.5, 0.6) is 0 Å². The number of hydrogen-bond acceptors (Lipinski definition) is 3. The Morgan fingerprint density at radius 3 is 3.17 bits per heavy atom. The van der Waals surface area contributed by atoms with Crippen LogP contribution in [-0.2, 0) is 11.2 Å². The standard InChI is InChI=1S/C7H9N3O2/c11-7(12)4-2-1-3-5-6(4)9-10-8-5/h4H,1-3H2,(H,11,12)(H,8,9,10)/t4-/m1/s1. The fourth-order valence-electron chi connectivity index (χ4n) is 1.57. The second kappa shape index (κ2) is 2.58. The van der Waals surface area contributed by atoms with Gasteiger partial charge >= 0.3 is 5.97 Å². The van der Waals surface area contributed by atoms with Crippen molar-refractivity contribution in [2.45, 2.75) is 25.2 Å². The first kappa shape index (κ1) is 7.27. The Kier molecular flexibility index (Phi) is 1.56. The number of fused-ring (bicyclic) bond motifs is 1. The minimum absolute atomic E-state index is 0.451. The molecule has 5 heteroatoms. The number of nitrogens with zero attached hydrogens (tertiary/aromatic N) is 2. The average Bonchev–Trinajstić information content (AvgIpc) is 2.49. The molecule has 0 aliphatic heterocycles. The van der Waals surface area contributed by atoms with E-state index >= 15 is 0 Å². The minimum atomic E-state index is -0.801. The van der Waals surface area contributed by atoms with Crippen molar-refractivity contribution in [3.63, 3.8) is 0 Å². The van der Waals surface area contributed by atoms with Crippen molar-refractivity contribution in [2.75, 3.05) is 0 Å². The van der Waals surface area contributed by atoms with Crippen molar-refractivity contribution in [3.05, 3.63) is 11.4 Å². The van der Waals surface area contributed by atoms with Crippen LogP contribution in [0.25, 0.3) is 0 Å². The third-order valence-electron chi connectivity index (χ3n) is 2.19. The number of aliphatic carboxylic acids is 1. The van der Waals surface area contributed by atoms with E-state index in [1.165, 1.54) is 0 Å². The molecular weight excluding hydrogens is 158 g/mol. The van der Waals surface area contributed by atoms with Gasteiger partial charge in [-0.3, -0.25) is 4.79 Å². The Hall–Kier alpha value is -1.39. The van der Waals surface area contributed by atoms with Crippen LogP contribution < -0.4 is 0 Å². The van der Waals surface area contributed by atoms with Gasteiger partial charge in [0.1, 0.15) is 5.92 Å². The van der Waals surface area contributed by atoms with Gasteiger partial charge in [-0.2, -0.15) is 15.4 Å². The lowest BCUT2D eigenvalue weighted by molar-refractivity contribution is -0.139. The number of aryl methyl sites for hydroxylation is 1. The summed E-state index contributed by atoms with van der Waals surface area (Å²) in [4.78, 5) is 10.7. The van der Waals surface area contributed by atoms with Gasteiger partial charge in [0.2, 0.25) is 0 Å². The van der Waals surface area contributed by atoms with Crippen LogP contribution in [0.15, 0.2) is 0 Å². The van der Waals surface area contributed by atoms with E-state index in [-0.39, 0.29) is 0 Å². The van der Waals surface area contributed by atoms with Gasteiger partial charge in [-0.05, 0) is 19.3 Å². The number of carbonyl (C=O) groups is 1. The maximum atomic E-state index is 10.7. The van der Waals surface area contributed by atoms with Crippen LogP contribution in [0.4, 0.5) is 0 Å². The van der Waals surface area contributed by atoms with Crippen molar-refractivity contribution in [1.29, 1.82) is 0 Å². The molecular formula is C7H9N3O2. The Bertz CT molecular complexity index is 307. The molecule has 0 unspecified atom stereocenters. The molecule has 0 saturated heterocycles. The van der Waals surface area contributed by atoms with Crippen LogP contribution >= 0.6 is 0 Å². The van der Waals surface area contributed by atoms with Gasteiger partial charge in [0, 0.05) is 0 Å². The monoisotopic (exact) mass is 167 g/mol. The SMILES string of the molecule is O=C(O)[C@@H]1CCCc2n[nH]nc21. The third-order valence-corrected chi connectivity index (χ3v) is 2.19. The molecule has 12 heavy (non-hydrogen) atoms. The van der Waals surface area contributed by atoms with Gasteiger partial charge in [0.05, 0.1) is 11.4 Å². The number of carboxylic acid groups (broad SMARTS) is 1. The molecule has 1 aliphatic rings. The number of hydrogen-bond donors (Lipinski definition) is 2. The average molecular weight is 167 g/mol. The molecule has 2 rings (SSSR count). The van der Waals surface area contributed by atoms with E-state index in [1.807, 2.05) is 0 Å². The predicted molar refractivity (Wildman–Crippen MR) is 39.7 cm³/mol. The first-order valence-electron chi connectivity index (χ1n) is 3.91. The fraction of sp³-hybridized carbons (Fsp3) is 0.571. The smallest absolute Gasteiger partial charge is 0.312 e. The quantitative estimate of drug-likeness (QED) is 0.630. The van der Waals surface area contributed by atoms with Crippen LogP contribution in [-0.4, -0.2) is 26.5 Å². The fourth-order valence-corrected chi connectivity index (χ4v) is 1.57. The van der Waals surface area contributed by atoms with Crippen molar-refractivity contribution in [1.82, 2.24) is 15.4 Å². The molecule has 0 radical (unpaired) electrons. The Morgan fingerprint density at radius 1 is 1.58 bits per heavy atom. The van der Waals surface area contributed by atoms with E-state index in [2.05, 4.69) is 15.4 Å². The van der Waals surface area contributed by atoms with Crippen molar-refractivity contribution < 1.29 is 9.90 Å². The van der Waals surface area contributed by atoms with Crippen LogP contribution in [0.3, 0.4) is 0 Å². The molecule has 0 bridgehead atoms. The summed E-state index contributed by atoms with van der Waals surface area (Å²) in [5.74, 6) is -1.25. The lowest BCUT2D eigenvalue weighted by Crippen LogP contribution is -2.17. The van der Waals surface area contributed by atoms with E-state index in [0.717, 1.165) is 18.5 Å². The minimum Gasteiger partial charge on any atom is -0.481 e. The van der Waals surface area contributed by atoms with Gasteiger partial charge in [-0.25, -0.2) is 0 Å². The highest BCUT2D eigenvalue weighted by molar-refractivity contribution is 5.75. The first-order valence-corrected chi connectivity index (χ1v) is 3.91. The van der Waals surface area contributed by atoms with Gasteiger partial charge in [0.25, 0.3) is 0 Å². The molecule has 0 amide bonds. The number of nitrogens with one attached hydrogen (secondary N) is 1. The molecule has 0 aromatic carbocycles. The zero-order valence-electron chi connectivity index (χ0n) is 6.45. The summed E-state index contributed by atoms with van der Waals surface area (Å²) in [6.45, 7) is 0. The predicted octanol–water partition coefficient (Wildman–Crippen LogP) is 0.309. The lowest BCUT2D eigenvalue weighted by atomic mass is 9.90. The zero-order valence-corrected chi connectivity index (χ0v) is 6.45. The van der Waals surface area contributed by atoms with Crippen LogP contribution in [0.2, 0.25) is 0 Å². The van der Waals surface area contributed by atoms with Gasteiger partial charge in [0.15, 0.2) is 0 Å². The highest BCUT2D eigenvalue weighted by atomic mass is 16.4. The third kappa shape index (κ3) is 0.975. The Balaban J connectivity index is 2.37. The summed E-state index contributed by atoms with van der Waals surface area (Å²) >= 11 is 0. The van der Waals surface area contributed by atoms with E-state index in [1.54, 1.807) is 0 Å². The van der Waals surface area contributed by atoms with Crippen LogP contribution in [0, 0.1) is 0 Å². The molecule has 0 saturated carbocycles. The molecule has 1 atom stereocenters. The number of H-pyrrole nitrogens is 1. The number of aromatic amines is 1. The second-order valence-electron chi connectivity index (χ2n) is 2.94. The summed E-state index contributed by atoms with van der Waals surface area (Å²) in [6.07, 6.45) is 2.40. The van der Waals surface area contributed by atoms with E-state index in [0.29, 0.717) is 12.1 Å². The molecule has 0 spiro atoms. The molecule has 1 aromatic rings. The van der Waals surface area contributed by atoms with E-state index in [9.17, 15) is 4.79 Å². The van der Waals surface area contributed by atoms with Crippen LogP contribution in [0.1, 0.15) is 30.1 Å². The zero-order chi connectivity index (χ0) is 8.55. The molecule has 1 heterocycles. The molecule has 2 N–H and O–H groups in total. The van der Waals surface area contributed by atoms with E-state index in [4.69, 9.17) is 5.11 Å². The number of carboxylic acids is 1. The van der Waals surface area contributed by atoms with Gasteiger partial charge < -0.3 is 5.11 Å². The topological polar surface area (TPSA) is 78.9 Å². The molecule has 5 nitrogen and oxygen atoms in total. The Labute approximate surface area is 68.8 Å². The van der Waals surface area contributed by atoms with Gasteiger partial charge in [-0.1, -0.05) is 0 Å². The van der Waals surface area contributed by atoms with Crippen molar-refractivity contribution >= 4 is 5.97 Å². The molecule has 1 aliphatic carbocycles. The number of aromatic nitrogens is 3. The normalized spacial score (nSPS) is 21.8. The van der Waals surface area contributed by atoms with Gasteiger partial charge in [-0.15, -0.1) is 0 Å². The lowest BCUT2D eigenvalue weighted by Gasteiger charge is -2.14. The highest BCUT2D eigenvalue weighted by Crippen LogP contribution is 2.28. The maximum Gasteiger partial charge on any atom is 0.312 e. The summed E-state index contributed by atoms with van der Waals surface area (Å²) in [5, 5.41) is 19.0. The van der Waals surface area contributed by atoms with Crippen molar-refractivity contribution in [2.24, 2.45) is 0 Å². The molecule has 1 aromatic heterocycles. The summed E-state index contributed by atoms with van der Waals surface area (Å²) in [7, 11) is 0. The largest absolute Gasteiger partial charge is 0.481 e. The van der Waals surface area contributed by atoms with E-state index < -0.39 is 11.9 Å². The summed E-state index contributed by atoms with van der Waals surface area (Å²) in [5.41, 5.74) is 1.43.